The van der Waals surface area contributed by atoms with Gasteiger partial charge in [-0.25, -0.2) is 0 Å². The number of rotatable bonds is 4. The third-order valence-corrected chi connectivity index (χ3v) is 3.40. The lowest BCUT2D eigenvalue weighted by atomic mass is 9.92. The Hall–Kier alpha value is -1.16. The van der Waals surface area contributed by atoms with Crippen LogP contribution in [0.3, 0.4) is 0 Å². The first-order valence-corrected chi connectivity index (χ1v) is 5.97. The Morgan fingerprint density at radius 2 is 1.71 bits per heavy atom. The highest BCUT2D eigenvalue weighted by molar-refractivity contribution is 5.29. The van der Waals surface area contributed by atoms with Crippen molar-refractivity contribution in [3.63, 3.8) is 0 Å². The number of hydrogen-bond donors (Lipinski definition) is 1. The molecule has 1 fully saturated rings. The first kappa shape index (κ1) is 12.3. The van der Waals surface area contributed by atoms with Crippen LogP contribution in [0.2, 0.25) is 0 Å². The predicted molar refractivity (Wildman–Crippen MR) is 62.0 cm³/mol. The third-order valence-electron chi connectivity index (χ3n) is 3.40. The van der Waals surface area contributed by atoms with E-state index in [1.54, 1.807) is 24.3 Å². The summed E-state index contributed by atoms with van der Waals surface area (Å²) in [5.74, 6) is 0.708. The Balaban J connectivity index is 2.01. The number of ether oxygens (including phenoxy) is 1. The van der Waals surface area contributed by atoms with Gasteiger partial charge >= 0.3 is 6.61 Å². The second-order valence-electron chi connectivity index (χ2n) is 4.52. The summed E-state index contributed by atoms with van der Waals surface area (Å²) in [6.07, 6.45) is 4.81. The summed E-state index contributed by atoms with van der Waals surface area (Å²) in [6, 6.07) is 6.67. The minimum absolute atomic E-state index is 0.0121. The van der Waals surface area contributed by atoms with E-state index in [1.165, 1.54) is 12.8 Å². The van der Waals surface area contributed by atoms with Gasteiger partial charge in [0, 0.05) is 6.04 Å². The van der Waals surface area contributed by atoms with Crippen molar-refractivity contribution in [2.45, 2.75) is 38.3 Å². The van der Waals surface area contributed by atoms with Crippen molar-refractivity contribution < 1.29 is 13.5 Å². The predicted octanol–water partition coefficient (Wildman–Crippen LogP) is 3.48. The summed E-state index contributed by atoms with van der Waals surface area (Å²) in [5, 5.41) is 0. The largest absolute Gasteiger partial charge is 0.435 e. The molecule has 0 amide bonds. The summed E-state index contributed by atoms with van der Waals surface area (Å²) >= 11 is 0. The number of halogens is 2. The minimum atomic E-state index is -2.77. The van der Waals surface area contributed by atoms with Crippen molar-refractivity contribution in [3.8, 4) is 5.75 Å². The summed E-state index contributed by atoms with van der Waals surface area (Å²) in [5.41, 5.74) is 7.16. The van der Waals surface area contributed by atoms with Crippen LogP contribution in [0.25, 0.3) is 0 Å². The standard InChI is InChI=1S/C13H17F2NO/c14-13(15)17-11-7-5-10(6-8-11)12(16)9-3-1-2-4-9/h5-9,12-13H,1-4,16H2/t12-/m0/s1. The maximum Gasteiger partial charge on any atom is 0.387 e. The van der Waals surface area contributed by atoms with Crippen LogP contribution in [0.4, 0.5) is 8.78 Å². The molecule has 0 aliphatic heterocycles. The molecule has 0 radical (unpaired) electrons. The Kier molecular flexibility index (Phi) is 3.94. The van der Waals surface area contributed by atoms with Gasteiger partial charge in [0.05, 0.1) is 0 Å². The van der Waals surface area contributed by atoms with Gasteiger partial charge in [0.2, 0.25) is 0 Å². The molecule has 0 aromatic heterocycles. The summed E-state index contributed by atoms with van der Waals surface area (Å²) in [6.45, 7) is -2.77. The molecule has 1 aliphatic rings. The molecule has 17 heavy (non-hydrogen) atoms. The van der Waals surface area contributed by atoms with E-state index in [4.69, 9.17) is 5.73 Å². The molecule has 1 aliphatic carbocycles. The molecule has 2 N–H and O–H groups in total. The van der Waals surface area contributed by atoms with Crippen molar-refractivity contribution in [1.82, 2.24) is 0 Å². The van der Waals surface area contributed by atoms with E-state index in [2.05, 4.69) is 4.74 Å². The topological polar surface area (TPSA) is 35.2 Å². The highest BCUT2D eigenvalue weighted by Gasteiger charge is 2.23. The molecule has 94 valence electrons. The van der Waals surface area contributed by atoms with E-state index >= 15 is 0 Å². The SMILES string of the molecule is N[C@H](c1ccc(OC(F)F)cc1)C1CCCC1. The molecule has 1 saturated carbocycles. The molecule has 0 bridgehead atoms. The van der Waals surface area contributed by atoms with Crippen LogP contribution in [0.15, 0.2) is 24.3 Å². The Morgan fingerprint density at radius 1 is 1.12 bits per heavy atom. The van der Waals surface area contributed by atoms with Gasteiger partial charge in [0.25, 0.3) is 0 Å². The lowest BCUT2D eigenvalue weighted by Gasteiger charge is -2.19. The molecule has 0 spiro atoms. The van der Waals surface area contributed by atoms with Crippen LogP contribution in [-0.2, 0) is 0 Å². The fourth-order valence-electron chi connectivity index (χ4n) is 2.46. The summed E-state index contributed by atoms with van der Waals surface area (Å²) in [7, 11) is 0. The fraction of sp³-hybridized carbons (Fsp3) is 0.538. The average Bonchev–Trinajstić information content (AvgIpc) is 2.82. The van der Waals surface area contributed by atoms with Crippen LogP contribution in [0, 0.1) is 5.92 Å². The Bertz CT molecular complexity index is 347. The first-order valence-electron chi connectivity index (χ1n) is 5.97. The molecule has 0 saturated heterocycles. The highest BCUT2D eigenvalue weighted by atomic mass is 19.3. The molecular weight excluding hydrogens is 224 g/mol. The van der Waals surface area contributed by atoms with E-state index < -0.39 is 6.61 Å². The lowest BCUT2D eigenvalue weighted by molar-refractivity contribution is -0.0498. The Morgan fingerprint density at radius 3 is 2.24 bits per heavy atom. The smallest absolute Gasteiger partial charge is 0.387 e. The van der Waals surface area contributed by atoms with Gasteiger partial charge in [-0.1, -0.05) is 25.0 Å². The second-order valence-corrected chi connectivity index (χ2v) is 4.52. The number of nitrogens with two attached hydrogens (primary N) is 1. The van der Waals surface area contributed by atoms with Crippen molar-refractivity contribution >= 4 is 0 Å². The normalized spacial score (nSPS) is 18.6. The fourth-order valence-corrected chi connectivity index (χ4v) is 2.46. The minimum Gasteiger partial charge on any atom is -0.435 e. The second kappa shape index (κ2) is 5.45. The van der Waals surface area contributed by atoms with E-state index in [9.17, 15) is 8.78 Å². The van der Waals surface area contributed by atoms with Crippen LogP contribution in [-0.4, -0.2) is 6.61 Å². The molecule has 2 rings (SSSR count). The molecule has 1 aromatic rings. The van der Waals surface area contributed by atoms with E-state index in [0.717, 1.165) is 18.4 Å². The van der Waals surface area contributed by atoms with Gasteiger partial charge in [0.1, 0.15) is 5.75 Å². The Labute approximate surface area is 99.8 Å². The van der Waals surface area contributed by atoms with E-state index in [-0.39, 0.29) is 11.8 Å². The maximum absolute atomic E-state index is 12.0. The molecular formula is C13H17F2NO. The zero-order valence-corrected chi connectivity index (χ0v) is 9.61. The maximum atomic E-state index is 12.0. The third kappa shape index (κ3) is 3.16. The van der Waals surface area contributed by atoms with Crippen molar-refractivity contribution in [2.24, 2.45) is 11.7 Å². The number of alkyl halides is 2. The van der Waals surface area contributed by atoms with Crippen molar-refractivity contribution in [1.29, 1.82) is 0 Å². The summed E-state index contributed by atoms with van der Waals surface area (Å²) < 4.78 is 28.3. The quantitative estimate of drug-likeness (QED) is 0.875. The van der Waals surface area contributed by atoms with Crippen molar-refractivity contribution in [2.75, 3.05) is 0 Å². The molecule has 0 unspecified atom stereocenters. The van der Waals surface area contributed by atoms with Crippen LogP contribution >= 0.6 is 0 Å². The lowest BCUT2D eigenvalue weighted by Crippen LogP contribution is -2.18. The molecule has 2 nitrogen and oxygen atoms in total. The van der Waals surface area contributed by atoms with Gasteiger partial charge < -0.3 is 10.5 Å². The van der Waals surface area contributed by atoms with Crippen molar-refractivity contribution in [3.05, 3.63) is 29.8 Å². The molecule has 1 atom stereocenters. The van der Waals surface area contributed by atoms with Crippen LogP contribution < -0.4 is 10.5 Å². The van der Waals surface area contributed by atoms with Gasteiger partial charge in [-0.05, 0) is 36.5 Å². The van der Waals surface area contributed by atoms with Gasteiger partial charge in [-0.2, -0.15) is 8.78 Å². The van der Waals surface area contributed by atoms with Crippen LogP contribution in [0.5, 0.6) is 5.75 Å². The zero-order valence-electron chi connectivity index (χ0n) is 9.61. The highest BCUT2D eigenvalue weighted by Crippen LogP contribution is 2.34. The van der Waals surface area contributed by atoms with Gasteiger partial charge in [-0.15, -0.1) is 0 Å². The first-order chi connectivity index (χ1) is 8.16. The monoisotopic (exact) mass is 241 g/mol. The number of hydrogen-bond acceptors (Lipinski definition) is 2. The molecule has 1 aromatic carbocycles. The number of benzene rings is 1. The zero-order chi connectivity index (χ0) is 12.3. The van der Waals surface area contributed by atoms with E-state index in [1.807, 2.05) is 0 Å². The van der Waals surface area contributed by atoms with E-state index in [0.29, 0.717) is 5.92 Å². The molecule has 4 heteroatoms. The van der Waals surface area contributed by atoms with Gasteiger partial charge in [-0.3, -0.25) is 0 Å². The molecule has 0 heterocycles. The summed E-state index contributed by atoms with van der Waals surface area (Å²) in [4.78, 5) is 0. The average molecular weight is 241 g/mol. The van der Waals surface area contributed by atoms with Crippen LogP contribution in [0.1, 0.15) is 37.3 Å². The van der Waals surface area contributed by atoms with Gasteiger partial charge in [0.15, 0.2) is 0 Å².